The van der Waals surface area contributed by atoms with Crippen LogP contribution in [0.3, 0.4) is 0 Å². The van der Waals surface area contributed by atoms with E-state index in [2.05, 4.69) is 0 Å². The monoisotopic (exact) mass is 347 g/mol. The molecule has 0 saturated carbocycles. The van der Waals surface area contributed by atoms with Crippen LogP contribution in [0.1, 0.15) is 18.5 Å². The van der Waals surface area contributed by atoms with E-state index >= 15 is 0 Å². The van der Waals surface area contributed by atoms with Crippen LogP contribution in [0.15, 0.2) is 42.1 Å². The SMILES string of the molecule is CC1(N)C=C(C(=O)O)N2C(=O)C(C(=O)C(N)c3ccccc3)[C@H]2S1. The maximum Gasteiger partial charge on any atom is 0.352 e. The number of ketones is 1. The summed E-state index contributed by atoms with van der Waals surface area (Å²) in [5.74, 6) is -3.21. The second-order valence-corrected chi connectivity index (χ2v) is 7.60. The van der Waals surface area contributed by atoms with Crippen LogP contribution >= 0.6 is 11.8 Å². The molecule has 1 fully saturated rings. The molecule has 8 heteroatoms. The molecule has 4 atom stereocenters. The van der Waals surface area contributed by atoms with E-state index < -0.39 is 39.9 Å². The molecule has 24 heavy (non-hydrogen) atoms. The van der Waals surface area contributed by atoms with E-state index in [-0.39, 0.29) is 5.70 Å². The fraction of sp³-hybridized carbons (Fsp3) is 0.312. The van der Waals surface area contributed by atoms with E-state index in [0.29, 0.717) is 5.56 Å². The molecule has 7 nitrogen and oxygen atoms in total. The zero-order valence-corrected chi connectivity index (χ0v) is 13.7. The number of carbonyl (C=O) groups is 3. The molecule has 1 aromatic rings. The third-order valence-corrected chi connectivity index (χ3v) is 5.44. The highest BCUT2D eigenvalue weighted by Crippen LogP contribution is 2.48. The average molecular weight is 347 g/mol. The van der Waals surface area contributed by atoms with Crippen LogP contribution in [0.4, 0.5) is 0 Å². The van der Waals surface area contributed by atoms with Crippen molar-refractivity contribution in [1.82, 2.24) is 4.90 Å². The number of hydrogen-bond acceptors (Lipinski definition) is 6. The quantitative estimate of drug-likeness (QED) is 0.532. The highest BCUT2D eigenvalue weighted by atomic mass is 32.2. The van der Waals surface area contributed by atoms with Gasteiger partial charge in [-0.2, -0.15) is 0 Å². The van der Waals surface area contributed by atoms with Gasteiger partial charge in [0.15, 0.2) is 5.78 Å². The van der Waals surface area contributed by atoms with Gasteiger partial charge in [0.05, 0.1) is 10.9 Å². The Hall–Kier alpha value is -2.16. The van der Waals surface area contributed by atoms with Crippen molar-refractivity contribution < 1.29 is 19.5 Å². The summed E-state index contributed by atoms with van der Waals surface area (Å²) in [5.41, 5.74) is 12.5. The zero-order valence-electron chi connectivity index (χ0n) is 12.9. The Morgan fingerprint density at radius 3 is 2.54 bits per heavy atom. The maximum atomic E-state index is 12.7. The molecule has 2 aliphatic heterocycles. The Labute approximate surface area is 142 Å². The molecule has 5 N–H and O–H groups in total. The first-order chi connectivity index (χ1) is 11.2. The number of amides is 1. The summed E-state index contributed by atoms with van der Waals surface area (Å²) in [7, 11) is 0. The maximum absolute atomic E-state index is 12.7. The van der Waals surface area contributed by atoms with E-state index in [9.17, 15) is 19.5 Å². The van der Waals surface area contributed by atoms with E-state index in [1.54, 1.807) is 37.3 Å². The van der Waals surface area contributed by atoms with Gasteiger partial charge in [0.25, 0.3) is 0 Å². The summed E-state index contributed by atoms with van der Waals surface area (Å²) in [4.78, 5) is 36.6. The van der Waals surface area contributed by atoms with Crippen molar-refractivity contribution in [3.63, 3.8) is 0 Å². The number of carbonyl (C=O) groups excluding carboxylic acids is 2. The minimum absolute atomic E-state index is 0.189. The number of fused-ring (bicyclic) bond motifs is 1. The number of thioether (sulfide) groups is 1. The third-order valence-electron chi connectivity index (χ3n) is 4.09. The molecule has 3 rings (SSSR count). The first-order valence-electron chi connectivity index (χ1n) is 7.33. The van der Waals surface area contributed by atoms with Gasteiger partial charge in [-0.05, 0) is 18.6 Å². The Balaban J connectivity index is 1.87. The van der Waals surface area contributed by atoms with Crippen molar-refractivity contribution in [2.45, 2.75) is 23.2 Å². The zero-order chi connectivity index (χ0) is 17.6. The van der Waals surface area contributed by atoms with Gasteiger partial charge in [0.1, 0.15) is 17.0 Å². The van der Waals surface area contributed by atoms with Gasteiger partial charge >= 0.3 is 5.97 Å². The number of nitrogens with zero attached hydrogens (tertiary/aromatic N) is 1. The molecule has 1 aromatic carbocycles. The standard InChI is InChI=1S/C16H17N3O4S/c1-16(18)7-9(15(22)23)19-13(21)10(14(19)24-16)12(20)11(17)8-5-3-2-4-6-8/h2-7,10-11,14H,17-18H2,1H3,(H,22,23)/t10?,11?,14-,16?/m1/s1. The number of hydrogen-bond donors (Lipinski definition) is 3. The molecule has 3 unspecified atom stereocenters. The summed E-state index contributed by atoms with van der Waals surface area (Å²) in [6.07, 6.45) is 1.33. The van der Waals surface area contributed by atoms with Crippen LogP contribution in [0, 0.1) is 5.92 Å². The fourth-order valence-electron chi connectivity index (χ4n) is 2.92. The summed E-state index contributed by atoms with van der Waals surface area (Å²) in [6.45, 7) is 1.64. The van der Waals surface area contributed by atoms with Crippen LogP contribution < -0.4 is 11.5 Å². The van der Waals surface area contributed by atoms with Crippen molar-refractivity contribution in [2.24, 2.45) is 17.4 Å². The van der Waals surface area contributed by atoms with Crippen molar-refractivity contribution in [2.75, 3.05) is 0 Å². The smallest absolute Gasteiger partial charge is 0.352 e. The van der Waals surface area contributed by atoms with E-state index in [0.717, 1.165) is 4.90 Å². The lowest BCUT2D eigenvalue weighted by Gasteiger charge is -2.51. The van der Waals surface area contributed by atoms with Crippen molar-refractivity contribution in [3.8, 4) is 0 Å². The highest BCUT2D eigenvalue weighted by Gasteiger charge is 2.58. The Morgan fingerprint density at radius 1 is 1.33 bits per heavy atom. The Kier molecular flexibility index (Phi) is 3.98. The number of carboxylic acids is 1. The van der Waals surface area contributed by atoms with Gasteiger partial charge in [-0.25, -0.2) is 4.79 Å². The molecular formula is C16H17N3O4S. The summed E-state index contributed by atoms with van der Waals surface area (Å²) in [5, 5.41) is 8.64. The molecule has 126 valence electrons. The fourth-order valence-corrected chi connectivity index (χ4v) is 4.33. The molecule has 1 saturated heterocycles. The van der Waals surface area contributed by atoms with Crippen LogP contribution in [-0.2, 0) is 14.4 Å². The van der Waals surface area contributed by atoms with Crippen LogP contribution in [0.5, 0.6) is 0 Å². The lowest BCUT2D eigenvalue weighted by Crippen LogP contribution is -2.66. The highest BCUT2D eigenvalue weighted by molar-refractivity contribution is 8.01. The minimum Gasteiger partial charge on any atom is -0.477 e. The van der Waals surface area contributed by atoms with Crippen molar-refractivity contribution in [1.29, 1.82) is 0 Å². The lowest BCUT2D eigenvalue weighted by atomic mass is 9.86. The van der Waals surface area contributed by atoms with Gasteiger partial charge < -0.3 is 16.6 Å². The van der Waals surface area contributed by atoms with Crippen molar-refractivity contribution >= 4 is 29.4 Å². The average Bonchev–Trinajstić information content (AvgIpc) is 2.53. The number of carboxylic acid groups (broad SMARTS) is 1. The Bertz CT molecular complexity index is 747. The molecule has 0 spiro atoms. The van der Waals surface area contributed by atoms with Crippen LogP contribution in [-0.4, -0.2) is 37.9 Å². The summed E-state index contributed by atoms with van der Waals surface area (Å²) < 4.78 is 0. The number of aliphatic carboxylic acids is 1. The second-order valence-electron chi connectivity index (χ2n) is 6.00. The molecular weight excluding hydrogens is 330 g/mol. The van der Waals surface area contributed by atoms with Crippen molar-refractivity contribution in [3.05, 3.63) is 47.7 Å². The molecule has 0 aromatic heterocycles. The predicted molar refractivity (Wildman–Crippen MR) is 88.4 cm³/mol. The summed E-state index contributed by atoms with van der Waals surface area (Å²) in [6, 6.07) is 7.81. The topological polar surface area (TPSA) is 127 Å². The normalized spacial score (nSPS) is 30.0. The number of nitrogens with two attached hydrogens (primary N) is 2. The van der Waals surface area contributed by atoms with Gasteiger partial charge in [0, 0.05) is 0 Å². The van der Waals surface area contributed by atoms with Crippen LogP contribution in [0.2, 0.25) is 0 Å². The lowest BCUT2D eigenvalue weighted by molar-refractivity contribution is -0.157. The molecule has 2 aliphatic rings. The predicted octanol–water partition coefficient (Wildman–Crippen LogP) is 0.430. The van der Waals surface area contributed by atoms with Gasteiger partial charge in [-0.1, -0.05) is 30.3 Å². The van der Waals surface area contributed by atoms with Gasteiger partial charge in [-0.15, -0.1) is 11.8 Å². The molecule has 0 bridgehead atoms. The number of Topliss-reactive ketones (excluding diaryl/α,β-unsaturated/α-hetero) is 1. The molecule has 0 aliphatic carbocycles. The van der Waals surface area contributed by atoms with E-state index in [1.165, 1.54) is 17.8 Å². The van der Waals surface area contributed by atoms with Gasteiger partial charge in [-0.3, -0.25) is 14.5 Å². The molecule has 1 amide bonds. The van der Waals surface area contributed by atoms with E-state index in [1.807, 2.05) is 0 Å². The van der Waals surface area contributed by atoms with E-state index in [4.69, 9.17) is 11.5 Å². The number of rotatable bonds is 4. The Morgan fingerprint density at radius 2 is 1.96 bits per heavy atom. The first kappa shape index (κ1) is 16.7. The van der Waals surface area contributed by atoms with Gasteiger partial charge in [0.2, 0.25) is 5.91 Å². The molecule has 2 heterocycles. The number of benzene rings is 1. The van der Waals surface area contributed by atoms with Crippen LogP contribution in [0.25, 0.3) is 0 Å². The summed E-state index contributed by atoms with van der Waals surface area (Å²) >= 11 is 1.18. The molecule has 0 radical (unpaired) electrons. The largest absolute Gasteiger partial charge is 0.477 e. The first-order valence-corrected chi connectivity index (χ1v) is 8.21. The third kappa shape index (κ3) is 2.62. The number of β-lactam (4-membered cyclic amide) rings is 1. The minimum atomic E-state index is -1.25. The second kappa shape index (κ2) is 5.73.